The lowest BCUT2D eigenvalue weighted by Crippen LogP contribution is -2.66. The predicted octanol–water partition coefficient (Wildman–Crippen LogP) is 1.03. The van der Waals surface area contributed by atoms with Gasteiger partial charge in [-0.25, -0.2) is 26.3 Å². The molecule has 1 unspecified atom stereocenters. The summed E-state index contributed by atoms with van der Waals surface area (Å²) in [6.45, 7) is 1.90. The summed E-state index contributed by atoms with van der Waals surface area (Å²) >= 11 is 0. The smallest absolute Gasteiger partial charge is 0.165 e. The van der Waals surface area contributed by atoms with Crippen molar-refractivity contribution in [1.82, 2.24) is 0 Å². The van der Waals surface area contributed by atoms with Gasteiger partial charge in [-0.05, 0) is 24.3 Å². The molecule has 6 N–H and O–H groups in total. The number of benzene rings is 2. The van der Waals surface area contributed by atoms with Gasteiger partial charge in [0.25, 0.3) is 0 Å². The second kappa shape index (κ2) is 10.4. The lowest BCUT2D eigenvalue weighted by molar-refractivity contribution is -0.218. The van der Waals surface area contributed by atoms with Crippen LogP contribution in [0, 0.1) is 34.9 Å². The normalized spacial score (nSPS) is 18.0. The molecule has 0 saturated heterocycles. The maximum absolute atomic E-state index is 14.3. The Morgan fingerprint density at radius 2 is 1.18 bits per heavy atom. The van der Waals surface area contributed by atoms with Crippen molar-refractivity contribution >= 4 is 0 Å². The number of aliphatic hydroxyl groups is 6. The number of halogens is 6. The third-order valence-corrected chi connectivity index (χ3v) is 5.56. The van der Waals surface area contributed by atoms with Gasteiger partial charge < -0.3 is 30.6 Å². The van der Waals surface area contributed by atoms with E-state index in [0.717, 1.165) is 0 Å². The second-order valence-electron chi connectivity index (χ2n) is 7.78. The van der Waals surface area contributed by atoms with E-state index in [9.17, 15) is 51.9 Å². The van der Waals surface area contributed by atoms with Crippen LogP contribution < -0.4 is 0 Å². The Bertz CT molecular complexity index is 1050. The fourth-order valence-corrected chi connectivity index (χ4v) is 3.54. The molecule has 188 valence electrons. The van der Waals surface area contributed by atoms with Crippen molar-refractivity contribution in [3.8, 4) is 0 Å². The first-order chi connectivity index (χ1) is 15.7. The van der Waals surface area contributed by atoms with Crippen LogP contribution in [0.25, 0.3) is 0 Å². The van der Waals surface area contributed by atoms with Crippen molar-refractivity contribution in [2.24, 2.45) is 0 Å². The first-order valence-electron chi connectivity index (χ1n) is 9.71. The summed E-state index contributed by atoms with van der Waals surface area (Å²) in [4.78, 5) is 0. The molecule has 5 atom stereocenters. The third-order valence-electron chi connectivity index (χ3n) is 5.56. The van der Waals surface area contributed by atoms with E-state index in [2.05, 4.69) is 6.58 Å². The summed E-state index contributed by atoms with van der Waals surface area (Å²) in [6.07, 6.45) is -10.2. The molecule has 34 heavy (non-hydrogen) atoms. The van der Waals surface area contributed by atoms with E-state index in [-0.39, 0.29) is 0 Å². The Balaban J connectivity index is 2.64. The molecule has 0 heterocycles. The summed E-state index contributed by atoms with van der Waals surface area (Å²) < 4.78 is 84.0. The summed E-state index contributed by atoms with van der Waals surface area (Å²) in [7, 11) is 0. The van der Waals surface area contributed by atoms with Gasteiger partial charge >= 0.3 is 0 Å². The molecular weight excluding hydrogens is 474 g/mol. The first kappa shape index (κ1) is 27.8. The van der Waals surface area contributed by atoms with Crippen LogP contribution in [-0.2, 0) is 12.8 Å². The maximum atomic E-state index is 14.3. The van der Waals surface area contributed by atoms with Crippen molar-refractivity contribution in [1.29, 1.82) is 0 Å². The highest BCUT2D eigenvalue weighted by molar-refractivity contribution is 5.29. The number of rotatable bonds is 10. The molecule has 0 aliphatic rings. The van der Waals surface area contributed by atoms with Gasteiger partial charge in [-0.3, -0.25) is 0 Å². The zero-order valence-corrected chi connectivity index (χ0v) is 17.4. The predicted molar refractivity (Wildman–Crippen MR) is 105 cm³/mol. The van der Waals surface area contributed by atoms with Gasteiger partial charge in [-0.2, -0.15) is 0 Å². The average Bonchev–Trinajstić information content (AvgIpc) is 2.82. The van der Waals surface area contributed by atoms with Crippen molar-refractivity contribution in [2.75, 3.05) is 6.61 Å². The van der Waals surface area contributed by atoms with Crippen LogP contribution in [0.3, 0.4) is 0 Å². The van der Waals surface area contributed by atoms with E-state index in [0.29, 0.717) is 30.3 Å². The number of hydrogen-bond donors (Lipinski definition) is 6. The van der Waals surface area contributed by atoms with E-state index >= 15 is 0 Å². The highest BCUT2D eigenvalue weighted by atomic mass is 19.2. The van der Waals surface area contributed by atoms with Crippen molar-refractivity contribution in [3.63, 3.8) is 0 Å². The highest BCUT2D eigenvalue weighted by Gasteiger charge is 2.54. The molecule has 12 heteroatoms. The topological polar surface area (TPSA) is 121 Å². The first-order valence-corrected chi connectivity index (χ1v) is 9.71. The standard InChI is InChI=1S/C22H22F6O6/c1-2-21(33,7-10-12(23)3-5-14(25)17(10)27)20(32)22(34,19(31)16(30)9-29)8-11-13(24)4-6-15(26)18(11)28/h2-6,16,19-20,29-34H,1,7-9H2/t16-,19+,20+,21?,22+/m0/s1. The Hall–Kier alpha value is -2.48. The molecular formula is C22H22F6O6. The van der Waals surface area contributed by atoms with Gasteiger partial charge in [0.05, 0.1) is 6.61 Å². The molecule has 2 aromatic carbocycles. The Kier molecular flexibility index (Phi) is 8.51. The molecule has 2 rings (SSSR count). The molecule has 0 bridgehead atoms. The van der Waals surface area contributed by atoms with Crippen LogP contribution in [0.5, 0.6) is 0 Å². The van der Waals surface area contributed by atoms with Crippen LogP contribution in [-0.4, -0.2) is 66.8 Å². The minimum absolute atomic E-state index is 0.401. The minimum Gasteiger partial charge on any atom is -0.394 e. The summed E-state index contributed by atoms with van der Waals surface area (Å²) in [5, 5.41) is 62.1. The molecule has 6 nitrogen and oxygen atoms in total. The van der Waals surface area contributed by atoms with E-state index in [1.165, 1.54) is 0 Å². The summed E-state index contributed by atoms with van der Waals surface area (Å²) in [5.41, 5.74) is -8.77. The van der Waals surface area contributed by atoms with E-state index in [1.807, 2.05) is 0 Å². The van der Waals surface area contributed by atoms with E-state index in [4.69, 9.17) is 5.11 Å². The van der Waals surface area contributed by atoms with Gasteiger partial charge in [0.15, 0.2) is 23.3 Å². The molecule has 0 spiro atoms. The van der Waals surface area contributed by atoms with Crippen molar-refractivity contribution in [3.05, 3.63) is 83.0 Å². The van der Waals surface area contributed by atoms with E-state index in [1.54, 1.807) is 0 Å². The molecule has 0 saturated carbocycles. The molecule has 0 radical (unpaired) electrons. The highest BCUT2D eigenvalue weighted by Crippen LogP contribution is 2.35. The van der Waals surface area contributed by atoms with Gasteiger partial charge in [-0.1, -0.05) is 6.08 Å². The van der Waals surface area contributed by atoms with Crippen LogP contribution >= 0.6 is 0 Å². The molecule has 0 aliphatic carbocycles. The number of aliphatic hydroxyl groups excluding tert-OH is 4. The van der Waals surface area contributed by atoms with Crippen LogP contribution in [0.1, 0.15) is 11.1 Å². The van der Waals surface area contributed by atoms with Crippen molar-refractivity contribution < 1.29 is 57.0 Å². The molecule has 2 aromatic rings. The SMILES string of the molecule is C=CC(O)(Cc1c(F)ccc(F)c1F)[C@@H](O)[C@@](O)(Cc1c(F)ccc(F)c1F)[C@H](O)[C@@H](O)CO. The van der Waals surface area contributed by atoms with Crippen molar-refractivity contribution in [2.45, 2.75) is 42.4 Å². The minimum atomic E-state index is -3.39. The van der Waals surface area contributed by atoms with Crippen LogP contribution in [0.15, 0.2) is 36.9 Å². The summed E-state index contributed by atoms with van der Waals surface area (Å²) in [5.74, 6) is -9.58. The fraction of sp³-hybridized carbons (Fsp3) is 0.364. The zero-order valence-electron chi connectivity index (χ0n) is 17.4. The Labute approximate surface area is 189 Å². The van der Waals surface area contributed by atoms with E-state index < -0.39 is 95.0 Å². The Morgan fingerprint density at radius 1 is 0.765 bits per heavy atom. The average molecular weight is 496 g/mol. The van der Waals surface area contributed by atoms with Gasteiger partial charge in [0.1, 0.15) is 41.1 Å². The van der Waals surface area contributed by atoms with Gasteiger partial charge in [-0.15, -0.1) is 6.58 Å². The molecule has 0 aromatic heterocycles. The maximum Gasteiger partial charge on any atom is 0.165 e. The zero-order chi connectivity index (χ0) is 26.0. The monoisotopic (exact) mass is 496 g/mol. The molecule has 0 aliphatic heterocycles. The van der Waals surface area contributed by atoms with Crippen LogP contribution in [0.4, 0.5) is 26.3 Å². The molecule has 0 amide bonds. The molecule has 0 fully saturated rings. The number of hydrogen-bond acceptors (Lipinski definition) is 6. The fourth-order valence-electron chi connectivity index (χ4n) is 3.54. The second-order valence-corrected chi connectivity index (χ2v) is 7.78. The third kappa shape index (κ3) is 5.11. The quantitative estimate of drug-likeness (QED) is 0.166. The van der Waals surface area contributed by atoms with Gasteiger partial charge in [0, 0.05) is 24.0 Å². The lowest BCUT2D eigenvalue weighted by Gasteiger charge is -2.45. The summed E-state index contributed by atoms with van der Waals surface area (Å²) in [6, 6.07) is 1.79. The Morgan fingerprint density at radius 3 is 1.59 bits per heavy atom. The van der Waals surface area contributed by atoms with Crippen LogP contribution in [0.2, 0.25) is 0 Å². The lowest BCUT2D eigenvalue weighted by atomic mass is 9.72. The van der Waals surface area contributed by atoms with Gasteiger partial charge in [0.2, 0.25) is 0 Å². The largest absolute Gasteiger partial charge is 0.394 e.